The molecule has 1 fully saturated rings. The highest BCUT2D eigenvalue weighted by Crippen LogP contribution is 2.36. The normalized spacial score (nSPS) is 19.5. The number of carbonyl (C=O) groups is 1. The largest absolute Gasteiger partial charge is 0.481 e. The molecule has 37 heavy (non-hydrogen) atoms. The van der Waals surface area contributed by atoms with Crippen LogP contribution in [0.1, 0.15) is 29.5 Å². The highest BCUT2D eigenvalue weighted by Gasteiger charge is 2.47. The number of anilines is 1. The van der Waals surface area contributed by atoms with E-state index in [1.807, 2.05) is 0 Å². The summed E-state index contributed by atoms with van der Waals surface area (Å²) in [5.41, 5.74) is -0.502. The maximum Gasteiger partial charge on any atom is 0.434 e. The highest BCUT2D eigenvalue weighted by atomic mass is 19.4. The molecule has 14 heteroatoms. The van der Waals surface area contributed by atoms with Crippen molar-refractivity contribution < 1.29 is 31.5 Å². The summed E-state index contributed by atoms with van der Waals surface area (Å²) in [4.78, 5) is 26.1. The van der Waals surface area contributed by atoms with Crippen LogP contribution in [0.2, 0.25) is 0 Å². The maximum absolute atomic E-state index is 14.6. The summed E-state index contributed by atoms with van der Waals surface area (Å²) in [7, 11) is 3.04. The monoisotopic (exact) mass is 525 g/mol. The number of halogens is 5. The molecule has 1 aliphatic heterocycles. The van der Waals surface area contributed by atoms with Crippen molar-refractivity contribution >= 4 is 11.7 Å². The SMILES string of the molecule is COc1cccc(-c2cn(C)nc2C(=O)N2CC(F)(F)C[C@@H](C)C2CNc2cnc(C(F)(F)F)cn2)n1. The molecule has 1 amide bonds. The Morgan fingerprint density at radius 1 is 1.24 bits per heavy atom. The quantitative estimate of drug-likeness (QED) is 0.488. The molecule has 0 saturated carbocycles. The minimum absolute atomic E-state index is 0.0176. The number of alkyl halides is 5. The predicted octanol–water partition coefficient (Wildman–Crippen LogP) is 3.90. The Morgan fingerprint density at radius 2 is 2.00 bits per heavy atom. The molecule has 0 aliphatic carbocycles. The van der Waals surface area contributed by atoms with Crippen molar-refractivity contribution in [2.24, 2.45) is 13.0 Å². The van der Waals surface area contributed by atoms with Crippen molar-refractivity contribution in [3.05, 3.63) is 48.2 Å². The zero-order chi connectivity index (χ0) is 27.0. The number of piperidine rings is 1. The first-order valence-corrected chi connectivity index (χ1v) is 11.2. The van der Waals surface area contributed by atoms with Gasteiger partial charge in [0.15, 0.2) is 11.4 Å². The van der Waals surface area contributed by atoms with Crippen molar-refractivity contribution in [2.75, 3.05) is 25.5 Å². The summed E-state index contributed by atoms with van der Waals surface area (Å²) in [5.74, 6) is -4.19. The third-order valence-electron chi connectivity index (χ3n) is 6.01. The highest BCUT2D eigenvalue weighted by molar-refractivity contribution is 5.99. The van der Waals surface area contributed by atoms with E-state index in [2.05, 4.69) is 25.4 Å². The van der Waals surface area contributed by atoms with E-state index in [0.717, 1.165) is 11.1 Å². The minimum atomic E-state index is -4.64. The van der Waals surface area contributed by atoms with Crippen LogP contribution in [-0.2, 0) is 13.2 Å². The lowest BCUT2D eigenvalue weighted by molar-refractivity contribution is -0.141. The number of aromatic nitrogens is 5. The first kappa shape index (κ1) is 26.2. The van der Waals surface area contributed by atoms with Gasteiger partial charge in [0.05, 0.1) is 43.3 Å². The lowest BCUT2D eigenvalue weighted by Gasteiger charge is -2.43. The third kappa shape index (κ3) is 5.78. The fourth-order valence-corrected chi connectivity index (χ4v) is 4.30. The molecule has 0 spiro atoms. The molecule has 0 radical (unpaired) electrons. The fraction of sp³-hybridized carbons (Fsp3) is 0.435. The van der Waals surface area contributed by atoms with Crippen molar-refractivity contribution in [1.29, 1.82) is 0 Å². The first-order valence-electron chi connectivity index (χ1n) is 11.2. The van der Waals surface area contributed by atoms with Gasteiger partial charge in [-0.25, -0.2) is 23.7 Å². The van der Waals surface area contributed by atoms with E-state index in [-0.39, 0.29) is 18.1 Å². The number of likely N-dealkylation sites (tertiary alicyclic amines) is 1. The summed E-state index contributed by atoms with van der Waals surface area (Å²) in [6.45, 7) is 0.701. The number of ether oxygens (including phenoxy) is 1. The van der Waals surface area contributed by atoms with Gasteiger partial charge in [0.1, 0.15) is 5.82 Å². The van der Waals surface area contributed by atoms with E-state index >= 15 is 0 Å². The second kappa shape index (κ2) is 9.90. The summed E-state index contributed by atoms with van der Waals surface area (Å²) in [6, 6.07) is 4.22. The van der Waals surface area contributed by atoms with E-state index in [4.69, 9.17) is 4.74 Å². The second-order valence-electron chi connectivity index (χ2n) is 8.83. The van der Waals surface area contributed by atoms with Gasteiger partial charge in [0.2, 0.25) is 5.88 Å². The average Bonchev–Trinajstić information content (AvgIpc) is 3.23. The van der Waals surface area contributed by atoms with Crippen LogP contribution in [0.4, 0.5) is 27.8 Å². The Balaban J connectivity index is 1.62. The van der Waals surface area contributed by atoms with Crippen molar-refractivity contribution in [2.45, 2.75) is 31.5 Å². The van der Waals surface area contributed by atoms with Gasteiger partial charge >= 0.3 is 6.18 Å². The minimum Gasteiger partial charge on any atom is -0.481 e. The number of pyridine rings is 1. The van der Waals surface area contributed by atoms with E-state index < -0.39 is 48.6 Å². The standard InChI is InChI=1S/C23H24F5N7O2/c1-13-7-22(24,25)12-35(16(13)8-30-18-10-29-17(9-31-18)23(26,27)28)21(36)20-14(11-34(2)33-20)15-5-4-6-19(32-15)37-3/h4-6,9-11,13,16H,7-8,12H2,1-3H3,(H,30,31)/t13-,16?/m1/s1. The molecule has 2 atom stereocenters. The zero-order valence-electron chi connectivity index (χ0n) is 20.1. The van der Waals surface area contributed by atoms with Crippen LogP contribution in [0.3, 0.4) is 0 Å². The van der Waals surface area contributed by atoms with Gasteiger partial charge in [0.25, 0.3) is 11.8 Å². The number of hydrogen-bond acceptors (Lipinski definition) is 7. The molecule has 1 N–H and O–H groups in total. The molecule has 1 aliphatic rings. The molecular weight excluding hydrogens is 501 g/mol. The van der Waals surface area contributed by atoms with E-state index in [0.29, 0.717) is 23.3 Å². The van der Waals surface area contributed by atoms with Gasteiger partial charge < -0.3 is 15.0 Å². The summed E-state index contributed by atoms with van der Waals surface area (Å²) >= 11 is 0. The Bertz CT molecular complexity index is 1260. The molecule has 1 unspecified atom stereocenters. The van der Waals surface area contributed by atoms with Crippen molar-refractivity contribution in [3.8, 4) is 17.1 Å². The maximum atomic E-state index is 14.6. The molecule has 9 nitrogen and oxygen atoms in total. The molecule has 3 aromatic rings. The number of carbonyl (C=O) groups excluding carboxylic acids is 1. The van der Waals surface area contributed by atoms with Gasteiger partial charge in [-0.05, 0) is 12.0 Å². The van der Waals surface area contributed by atoms with Gasteiger partial charge in [0, 0.05) is 32.3 Å². The van der Waals surface area contributed by atoms with E-state index in [1.54, 1.807) is 38.4 Å². The number of nitrogens with zero attached hydrogens (tertiary/aromatic N) is 6. The van der Waals surface area contributed by atoms with Crippen molar-refractivity contribution in [1.82, 2.24) is 29.6 Å². The Morgan fingerprint density at radius 3 is 2.65 bits per heavy atom. The van der Waals surface area contributed by atoms with Crippen molar-refractivity contribution in [3.63, 3.8) is 0 Å². The number of amides is 1. The Hall–Kier alpha value is -3.84. The summed E-state index contributed by atoms with van der Waals surface area (Å²) in [5, 5.41) is 7.05. The molecule has 198 valence electrons. The molecule has 4 heterocycles. The van der Waals surface area contributed by atoms with E-state index in [1.165, 1.54) is 11.8 Å². The number of aryl methyl sites for hydroxylation is 1. The fourth-order valence-electron chi connectivity index (χ4n) is 4.30. The molecule has 1 saturated heterocycles. The molecule has 0 aromatic carbocycles. The van der Waals surface area contributed by atoms with Crippen LogP contribution >= 0.6 is 0 Å². The van der Waals surface area contributed by atoms with Crippen LogP contribution in [0.5, 0.6) is 5.88 Å². The second-order valence-corrected chi connectivity index (χ2v) is 8.83. The zero-order valence-corrected chi connectivity index (χ0v) is 20.1. The number of methoxy groups -OCH3 is 1. The van der Waals surface area contributed by atoms with Crippen LogP contribution in [-0.4, -0.2) is 67.7 Å². The van der Waals surface area contributed by atoms with E-state index in [9.17, 15) is 26.7 Å². The number of rotatable bonds is 6. The molecule has 4 rings (SSSR count). The van der Waals surface area contributed by atoms with Gasteiger partial charge in [-0.15, -0.1) is 0 Å². The smallest absolute Gasteiger partial charge is 0.434 e. The third-order valence-corrected chi connectivity index (χ3v) is 6.01. The molecule has 0 bridgehead atoms. The summed E-state index contributed by atoms with van der Waals surface area (Å²) in [6.07, 6.45) is -2.07. The van der Waals surface area contributed by atoms with Gasteiger partial charge in [-0.3, -0.25) is 9.48 Å². The lowest BCUT2D eigenvalue weighted by atomic mass is 9.88. The van der Waals surface area contributed by atoms with Crippen LogP contribution in [0, 0.1) is 5.92 Å². The van der Waals surface area contributed by atoms with Crippen LogP contribution in [0.15, 0.2) is 36.8 Å². The van der Waals surface area contributed by atoms with Gasteiger partial charge in [-0.1, -0.05) is 13.0 Å². The number of nitrogens with one attached hydrogen (secondary N) is 1. The summed E-state index contributed by atoms with van der Waals surface area (Å²) < 4.78 is 74.0. The molecule has 3 aromatic heterocycles. The predicted molar refractivity (Wildman–Crippen MR) is 122 cm³/mol. The van der Waals surface area contributed by atoms with Crippen LogP contribution in [0.25, 0.3) is 11.3 Å². The molecular formula is C23H24F5N7O2. The topological polar surface area (TPSA) is 98.1 Å². The Labute approximate surface area is 208 Å². The number of hydrogen-bond donors (Lipinski definition) is 1. The average molecular weight is 525 g/mol. The van der Waals surface area contributed by atoms with Gasteiger partial charge in [-0.2, -0.15) is 18.3 Å². The Kier molecular flexibility index (Phi) is 7.02. The lowest BCUT2D eigenvalue weighted by Crippen LogP contribution is -2.57. The van der Waals surface area contributed by atoms with Crippen LogP contribution < -0.4 is 10.1 Å². The first-order chi connectivity index (χ1) is 17.4.